The summed E-state index contributed by atoms with van der Waals surface area (Å²) in [5.41, 5.74) is 10.5. The summed E-state index contributed by atoms with van der Waals surface area (Å²) < 4.78 is 5.91. The smallest absolute Gasteiger partial charge is 0.123 e. The van der Waals surface area contributed by atoms with Crippen LogP contribution in [-0.4, -0.2) is 5.60 Å². The lowest BCUT2D eigenvalue weighted by molar-refractivity contribution is 0.138. The van der Waals surface area contributed by atoms with E-state index in [0.29, 0.717) is 6.54 Å². The molecular weight excluding hydrogens is 234 g/mol. The number of benzene rings is 2. The molecule has 1 aliphatic rings. The van der Waals surface area contributed by atoms with Gasteiger partial charge < -0.3 is 10.5 Å². The molecule has 1 aliphatic heterocycles. The van der Waals surface area contributed by atoms with Gasteiger partial charge in [0.25, 0.3) is 0 Å². The summed E-state index contributed by atoms with van der Waals surface area (Å²) >= 11 is 0. The molecule has 0 bridgehead atoms. The molecule has 0 amide bonds. The highest BCUT2D eigenvalue weighted by atomic mass is 16.5. The number of hydrogen-bond acceptors (Lipinski definition) is 2. The highest BCUT2D eigenvalue weighted by Crippen LogP contribution is 2.37. The summed E-state index contributed by atoms with van der Waals surface area (Å²) in [6.07, 6.45) is 0.969. The van der Waals surface area contributed by atoms with Gasteiger partial charge >= 0.3 is 0 Å². The molecule has 3 rings (SSSR count). The molecule has 1 heterocycles. The molecule has 0 spiro atoms. The van der Waals surface area contributed by atoms with E-state index < -0.39 is 0 Å². The summed E-state index contributed by atoms with van der Waals surface area (Å²) in [4.78, 5) is 0. The SMILES string of the molecule is CC1(C)Cc2cc(-c3ccc(CN)cc3)ccc2O1. The largest absolute Gasteiger partial charge is 0.487 e. The van der Waals surface area contributed by atoms with Crippen molar-refractivity contribution in [1.29, 1.82) is 0 Å². The lowest BCUT2D eigenvalue weighted by atomic mass is 9.97. The fourth-order valence-electron chi connectivity index (χ4n) is 2.62. The fourth-order valence-corrected chi connectivity index (χ4v) is 2.62. The second-order valence-electron chi connectivity index (χ2n) is 5.76. The quantitative estimate of drug-likeness (QED) is 0.888. The topological polar surface area (TPSA) is 35.2 Å². The first-order valence-corrected chi connectivity index (χ1v) is 6.69. The zero-order chi connectivity index (χ0) is 13.5. The molecule has 98 valence electrons. The maximum absolute atomic E-state index is 5.91. The van der Waals surface area contributed by atoms with Gasteiger partial charge in [0.1, 0.15) is 11.4 Å². The third kappa shape index (κ3) is 2.36. The second-order valence-corrected chi connectivity index (χ2v) is 5.76. The molecule has 0 unspecified atom stereocenters. The number of ether oxygens (including phenoxy) is 1. The number of rotatable bonds is 2. The number of hydrogen-bond donors (Lipinski definition) is 1. The van der Waals surface area contributed by atoms with Crippen LogP contribution in [0.25, 0.3) is 11.1 Å². The van der Waals surface area contributed by atoms with Crippen molar-refractivity contribution in [2.45, 2.75) is 32.4 Å². The van der Waals surface area contributed by atoms with Gasteiger partial charge in [-0.25, -0.2) is 0 Å². The molecular formula is C17H19NO. The second kappa shape index (κ2) is 4.39. The summed E-state index contributed by atoms with van der Waals surface area (Å²) in [5, 5.41) is 0. The highest BCUT2D eigenvalue weighted by Gasteiger charge is 2.29. The van der Waals surface area contributed by atoms with Crippen LogP contribution in [0.1, 0.15) is 25.0 Å². The zero-order valence-corrected chi connectivity index (χ0v) is 11.4. The van der Waals surface area contributed by atoms with Gasteiger partial charge in [-0.1, -0.05) is 30.3 Å². The lowest BCUT2D eigenvalue weighted by Crippen LogP contribution is -2.24. The van der Waals surface area contributed by atoms with Crippen molar-refractivity contribution in [2.24, 2.45) is 5.73 Å². The molecule has 0 atom stereocenters. The maximum Gasteiger partial charge on any atom is 0.123 e. The van der Waals surface area contributed by atoms with Gasteiger partial charge in [-0.2, -0.15) is 0 Å². The van der Waals surface area contributed by atoms with Gasteiger partial charge in [0, 0.05) is 13.0 Å². The Kier molecular flexibility index (Phi) is 2.83. The van der Waals surface area contributed by atoms with Crippen molar-refractivity contribution in [1.82, 2.24) is 0 Å². The first-order valence-electron chi connectivity index (χ1n) is 6.69. The Morgan fingerprint density at radius 3 is 2.42 bits per heavy atom. The van der Waals surface area contributed by atoms with Gasteiger partial charge in [0.2, 0.25) is 0 Å². The molecule has 2 heteroatoms. The van der Waals surface area contributed by atoms with Crippen molar-refractivity contribution >= 4 is 0 Å². The van der Waals surface area contributed by atoms with Crippen LogP contribution in [0.15, 0.2) is 42.5 Å². The first kappa shape index (κ1) is 12.2. The monoisotopic (exact) mass is 253 g/mol. The number of fused-ring (bicyclic) bond motifs is 1. The van der Waals surface area contributed by atoms with Crippen molar-refractivity contribution in [3.05, 3.63) is 53.6 Å². The van der Waals surface area contributed by atoms with Gasteiger partial charge in [-0.15, -0.1) is 0 Å². The summed E-state index contributed by atoms with van der Waals surface area (Å²) in [5.74, 6) is 1.02. The Morgan fingerprint density at radius 2 is 1.74 bits per heavy atom. The molecule has 0 saturated heterocycles. The molecule has 0 radical (unpaired) electrons. The average Bonchev–Trinajstić information content (AvgIpc) is 2.71. The Labute approximate surface area is 114 Å². The standard InChI is InChI=1S/C17H19NO/c1-17(2)10-15-9-14(7-8-16(15)19-17)13-5-3-12(11-18)4-6-13/h3-9H,10-11,18H2,1-2H3. The third-order valence-electron chi connectivity index (χ3n) is 3.59. The first-order chi connectivity index (χ1) is 9.07. The summed E-state index contributed by atoms with van der Waals surface area (Å²) in [7, 11) is 0. The van der Waals surface area contributed by atoms with Crippen LogP contribution in [-0.2, 0) is 13.0 Å². The fraction of sp³-hybridized carbons (Fsp3) is 0.294. The minimum Gasteiger partial charge on any atom is -0.487 e. The Bertz CT molecular complexity index is 599. The molecule has 2 nitrogen and oxygen atoms in total. The van der Waals surface area contributed by atoms with Crippen molar-refractivity contribution in [2.75, 3.05) is 0 Å². The van der Waals surface area contributed by atoms with E-state index in [1.807, 2.05) is 0 Å². The predicted molar refractivity (Wildman–Crippen MR) is 78.2 cm³/mol. The van der Waals surface area contributed by atoms with Gasteiger partial charge in [0.15, 0.2) is 0 Å². The Morgan fingerprint density at radius 1 is 1.05 bits per heavy atom. The van der Waals surface area contributed by atoms with Gasteiger partial charge in [-0.3, -0.25) is 0 Å². The molecule has 0 saturated carbocycles. The van der Waals surface area contributed by atoms with E-state index in [9.17, 15) is 0 Å². The molecule has 0 aromatic heterocycles. The predicted octanol–water partition coefficient (Wildman–Crippen LogP) is 3.53. The minimum atomic E-state index is -0.0790. The Hall–Kier alpha value is -1.80. The molecule has 0 aliphatic carbocycles. The van der Waals surface area contributed by atoms with Crippen LogP contribution >= 0.6 is 0 Å². The van der Waals surface area contributed by atoms with Crippen molar-refractivity contribution < 1.29 is 4.74 Å². The van der Waals surface area contributed by atoms with Crippen LogP contribution < -0.4 is 10.5 Å². The summed E-state index contributed by atoms with van der Waals surface area (Å²) in [6.45, 7) is 4.85. The molecule has 2 N–H and O–H groups in total. The molecule has 19 heavy (non-hydrogen) atoms. The molecule has 2 aromatic carbocycles. The van der Waals surface area contributed by atoms with E-state index in [2.05, 4.69) is 56.3 Å². The molecule has 2 aromatic rings. The minimum absolute atomic E-state index is 0.0790. The van der Waals surface area contributed by atoms with E-state index >= 15 is 0 Å². The van der Waals surface area contributed by atoms with Crippen molar-refractivity contribution in [3.63, 3.8) is 0 Å². The van der Waals surface area contributed by atoms with E-state index in [-0.39, 0.29) is 5.60 Å². The highest BCUT2D eigenvalue weighted by molar-refractivity contribution is 5.66. The van der Waals surface area contributed by atoms with Crippen LogP contribution in [0.3, 0.4) is 0 Å². The van der Waals surface area contributed by atoms with Gasteiger partial charge in [-0.05, 0) is 48.2 Å². The van der Waals surface area contributed by atoms with Crippen LogP contribution in [0.5, 0.6) is 5.75 Å². The number of nitrogens with two attached hydrogens (primary N) is 1. The summed E-state index contributed by atoms with van der Waals surface area (Å²) in [6, 6.07) is 14.9. The van der Waals surface area contributed by atoms with Crippen molar-refractivity contribution in [3.8, 4) is 16.9 Å². The van der Waals surface area contributed by atoms with Crippen LogP contribution in [0.2, 0.25) is 0 Å². The lowest BCUT2D eigenvalue weighted by Gasteiger charge is -2.16. The maximum atomic E-state index is 5.91. The Balaban J connectivity index is 1.95. The van der Waals surface area contributed by atoms with E-state index in [0.717, 1.165) is 17.7 Å². The van der Waals surface area contributed by atoms with E-state index in [1.165, 1.54) is 16.7 Å². The molecule has 0 fully saturated rings. The normalized spacial score (nSPS) is 15.9. The van der Waals surface area contributed by atoms with E-state index in [4.69, 9.17) is 10.5 Å². The van der Waals surface area contributed by atoms with Crippen LogP contribution in [0, 0.1) is 0 Å². The van der Waals surface area contributed by atoms with E-state index in [1.54, 1.807) is 0 Å². The average molecular weight is 253 g/mol. The van der Waals surface area contributed by atoms with Crippen LogP contribution in [0.4, 0.5) is 0 Å². The third-order valence-corrected chi connectivity index (χ3v) is 3.59. The van der Waals surface area contributed by atoms with Gasteiger partial charge in [0.05, 0.1) is 0 Å². The zero-order valence-electron chi connectivity index (χ0n) is 11.4.